The average Bonchev–Trinajstić information content (AvgIpc) is 3.07. The number of hydrogen-bond donors (Lipinski definition) is 2. The zero-order valence-corrected chi connectivity index (χ0v) is 14.6. The predicted octanol–water partition coefficient (Wildman–Crippen LogP) is 3.47. The molecule has 0 aliphatic rings. The van der Waals surface area contributed by atoms with E-state index < -0.39 is 33.1 Å². The molecule has 1 amide bonds. The van der Waals surface area contributed by atoms with Gasteiger partial charge in [-0.1, -0.05) is 6.07 Å². The van der Waals surface area contributed by atoms with Gasteiger partial charge in [0.05, 0.1) is 4.90 Å². The Kier molecular flexibility index (Phi) is 4.96. The zero-order valence-electron chi connectivity index (χ0n) is 12.9. The van der Waals surface area contributed by atoms with Crippen LogP contribution in [0.1, 0.15) is 10.4 Å². The topological polar surface area (TPSA) is 88.2 Å². The molecule has 134 valence electrons. The van der Waals surface area contributed by atoms with E-state index in [2.05, 4.69) is 15.0 Å². The maximum atomic E-state index is 13.6. The van der Waals surface area contributed by atoms with Crippen molar-refractivity contribution in [3.8, 4) is 0 Å². The van der Waals surface area contributed by atoms with Crippen molar-refractivity contribution in [1.29, 1.82) is 0 Å². The van der Waals surface area contributed by atoms with Gasteiger partial charge in [-0.3, -0.25) is 9.52 Å². The highest BCUT2D eigenvalue weighted by molar-refractivity contribution is 7.93. The minimum atomic E-state index is -3.83. The smallest absolute Gasteiger partial charge is 0.263 e. The van der Waals surface area contributed by atoms with Crippen molar-refractivity contribution in [2.24, 2.45) is 0 Å². The van der Waals surface area contributed by atoms with Crippen molar-refractivity contribution in [2.75, 3.05) is 10.0 Å². The van der Waals surface area contributed by atoms with Crippen LogP contribution in [-0.4, -0.2) is 19.3 Å². The molecule has 0 saturated heterocycles. The van der Waals surface area contributed by atoms with Gasteiger partial charge in [-0.25, -0.2) is 22.2 Å². The molecule has 0 radical (unpaired) electrons. The molecular formula is C16H11F2N3O3S2. The van der Waals surface area contributed by atoms with E-state index in [1.807, 2.05) is 0 Å². The monoisotopic (exact) mass is 395 g/mol. The van der Waals surface area contributed by atoms with Gasteiger partial charge in [-0.15, -0.1) is 11.3 Å². The van der Waals surface area contributed by atoms with E-state index in [4.69, 9.17) is 0 Å². The van der Waals surface area contributed by atoms with Gasteiger partial charge in [0.15, 0.2) is 5.13 Å². The summed E-state index contributed by atoms with van der Waals surface area (Å²) in [5, 5.41) is 4.16. The summed E-state index contributed by atoms with van der Waals surface area (Å²) in [6.45, 7) is 0. The van der Waals surface area contributed by atoms with Crippen molar-refractivity contribution in [3.63, 3.8) is 0 Å². The number of nitrogens with zero attached hydrogens (tertiary/aromatic N) is 1. The molecule has 0 aliphatic carbocycles. The number of thiazole rings is 1. The average molecular weight is 395 g/mol. The normalized spacial score (nSPS) is 11.2. The van der Waals surface area contributed by atoms with Gasteiger partial charge in [0.2, 0.25) is 0 Å². The fourth-order valence-electron chi connectivity index (χ4n) is 2.07. The summed E-state index contributed by atoms with van der Waals surface area (Å²) in [4.78, 5) is 15.8. The third-order valence-electron chi connectivity index (χ3n) is 3.27. The number of halogens is 2. The quantitative estimate of drug-likeness (QED) is 0.692. The second-order valence-electron chi connectivity index (χ2n) is 5.02. The van der Waals surface area contributed by atoms with Crippen LogP contribution in [0.2, 0.25) is 0 Å². The van der Waals surface area contributed by atoms with Crippen molar-refractivity contribution in [1.82, 2.24) is 4.98 Å². The molecule has 10 heteroatoms. The van der Waals surface area contributed by atoms with Gasteiger partial charge in [0.1, 0.15) is 17.2 Å². The summed E-state index contributed by atoms with van der Waals surface area (Å²) in [6, 6.07) is 8.22. The standard InChI is InChI=1S/C16H11F2N3O3S2/c17-12-2-1-3-13(18)14(12)15(22)20-10-4-6-11(7-5-10)26(23,24)21-16-19-8-9-25-16/h1-9H,(H,19,21)(H,20,22). The number of sulfonamides is 1. The molecule has 0 saturated carbocycles. The van der Waals surface area contributed by atoms with E-state index in [-0.39, 0.29) is 15.7 Å². The highest BCUT2D eigenvalue weighted by atomic mass is 32.2. The SMILES string of the molecule is O=C(Nc1ccc(S(=O)(=O)Nc2nccs2)cc1)c1c(F)cccc1F. The van der Waals surface area contributed by atoms with Crippen LogP contribution in [0.4, 0.5) is 19.6 Å². The maximum absolute atomic E-state index is 13.6. The maximum Gasteiger partial charge on any atom is 0.263 e. The Morgan fingerprint density at radius 2 is 1.69 bits per heavy atom. The van der Waals surface area contributed by atoms with Crippen LogP contribution in [0.3, 0.4) is 0 Å². The summed E-state index contributed by atoms with van der Waals surface area (Å²) in [7, 11) is -3.83. The highest BCUT2D eigenvalue weighted by Gasteiger charge is 2.18. The van der Waals surface area contributed by atoms with Crippen LogP contribution in [-0.2, 0) is 10.0 Å². The summed E-state index contributed by atoms with van der Waals surface area (Å²) >= 11 is 1.13. The molecule has 26 heavy (non-hydrogen) atoms. The molecule has 0 unspecified atom stereocenters. The van der Waals surface area contributed by atoms with Crippen molar-refractivity contribution in [3.05, 3.63) is 71.2 Å². The molecule has 0 aliphatic heterocycles. The van der Waals surface area contributed by atoms with Crippen LogP contribution < -0.4 is 10.0 Å². The molecule has 6 nitrogen and oxygen atoms in total. The van der Waals surface area contributed by atoms with E-state index in [0.717, 1.165) is 29.5 Å². The second-order valence-corrected chi connectivity index (χ2v) is 7.59. The van der Waals surface area contributed by atoms with Gasteiger partial charge in [-0.2, -0.15) is 0 Å². The number of carbonyl (C=O) groups excluding carboxylic acids is 1. The Balaban J connectivity index is 1.76. The molecule has 1 aromatic heterocycles. The first-order valence-electron chi connectivity index (χ1n) is 7.14. The number of anilines is 2. The first kappa shape index (κ1) is 18.0. The van der Waals surface area contributed by atoms with Gasteiger partial charge in [-0.05, 0) is 36.4 Å². The molecule has 1 heterocycles. The van der Waals surface area contributed by atoms with Gasteiger partial charge in [0.25, 0.3) is 15.9 Å². The van der Waals surface area contributed by atoms with E-state index >= 15 is 0 Å². The molecule has 0 fully saturated rings. The fraction of sp³-hybridized carbons (Fsp3) is 0. The molecule has 0 spiro atoms. The number of benzene rings is 2. The number of hydrogen-bond acceptors (Lipinski definition) is 5. The number of nitrogens with one attached hydrogen (secondary N) is 2. The number of aromatic nitrogens is 1. The lowest BCUT2D eigenvalue weighted by Crippen LogP contribution is -2.16. The lowest BCUT2D eigenvalue weighted by atomic mass is 10.2. The van der Waals surface area contributed by atoms with E-state index in [1.165, 1.54) is 30.5 Å². The molecule has 0 atom stereocenters. The van der Waals surface area contributed by atoms with Crippen LogP contribution in [0.15, 0.2) is 58.9 Å². The summed E-state index contributed by atoms with van der Waals surface area (Å²) in [5.41, 5.74) is -0.527. The predicted molar refractivity (Wildman–Crippen MR) is 93.7 cm³/mol. The Labute approximate surface area is 151 Å². The Hall–Kier alpha value is -2.85. The Morgan fingerprint density at radius 1 is 1.04 bits per heavy atom. The molecular weight excluding hydrogens is 384 g/mol. The second kappa shape index (κ2) is 7.18. The number of amides is 1. The Bertz CT molecular complexity index is 1020. The van der Waals surface area contributed by atoms with Crippen LogP contribution in [0, 0.1) is 11.6 Å². The Morgan fingerprint density at radius 3 is 2.27 bits per heavy atom. The molecule has 3 rings (SSSR count). The van der Waals surface area contributed by atoms with Crippen molar-refractivity contribution in [2.45, 2.75) is 4.90 Å². The molecule has 0 bridgehead atoms. The third kappa shape index (κ3) is 3.86. The first-order chi connectivity index (χ1) is 12.4. The lowest BCUT2D eigenvalue weighted by molar-refractivity contribution is 0.101. The summed E-state index contributed by atoms with van der Waals surface area (Å²) in [5.74, 6) is -2.96. The summed E-state index contributed by atoms with van der Waals surface area (Å²) < 4.78 is 54.0. The number of rotatable bonds is 5. The van der Waals surface area contributed by atoms with Crippen LogP contribution in [0.25, 0.3) is 0 Å². The number of carbonyl (C=O) groups is 1. The van der Waals surface area contributed by atoms with Gasteiger partial charge >= 0.3 is 0 Å². The van der Waals surface area contributed by atoms with Crippen LogP contribution >= 0.6 is 11.3 Å². The minimum absolute atomic E-state index is 0.0530. The van der Waals surface area contributed by atoms with E-state index in [1.54, 1.807) is 5.38 Å². The van der Waals surface area contributed by atoms with Crippen molar-refractivity contribution < 1.29 is 22.0 Å². The van der Waals surface area contributed by atoms with E-state index in [0.29, 0.717) is 0 Å². The molecule has 2 aromatic carbocycles. The minimum Gasteiger partial charge on any atom is -0.322 e. The van der Waals surface area contributed by atoms with Gasteiger partial charge in [0, 0.05) is 17.3 Å². The largest absolute Gasteiger partial charge is 0.322 e. The lowest BCUT2D eigenvalue weighted by Gasteiger charge is -2.09. The summed E-state index contributed by atoms with van der Waals surface area (Å²) in [6.07, 6.45) is 1.46. The molecule has 2 N–H and O–H groups in total. The first-order valence-corrected chi connectivity index (χ1v) is 9.51. The van der Waals surface area contributed by atoms with Gasteiger partial charge < -0.3 is 5.32 Å². The fourth-order valence-corrected chi connectivity index (χ4v) is 3.86. The zero-order chi connectivity index (χ0) is 18.7. The van der Waals surface area contributed by atoms with Crippen LogP contribution in [0.5, 0.6) is 0 Å². The van der Waals surface area contributed by atoms with E-state index in [9.17, 15) is 22.0 Å². The molecule has 3 aromatic rings. The third-order valence-corrected chi connectivity index (χ3v) is 5.44. The van der Waals surface area contributed by atoms with Crippen molar-refractivity contribution >= 4 is 38.1 Å². The highest BCUT2D eigenvalue weighted by Crippen LogP contribution is 2.20.